The van der Waals surface area contributed by atoms with E-state index in [1.165, 1.54) is 148 Å². The summed E-state index contributed by atoms with van der Waals surface area (Å²) in [5.74, 6) is 0.0896. The number of hydrogen-bond acceptors (Lipinski definition) is 15. The Morgan fingerprint density at radius 2 is 0.580 bits per heavy atom. The van der Waals surface area contributed by atoms with Crippen molar-refractivity contribution in [3.05, 3.63) is 0 Å². The standard InChI is InChI=1S/C69H134O17P2/c1-8-10-11-12-13-14-15-16-17-18-21-30-38-45-52-68(73)85-64(56-79-66(71)50-43-36-29-22-19-20-26-33-40-47-60(3)4)58-83-87(75,76)81-54-63(70)55-82-88(77,78)84-59-65(57-80-67(72)51-44-37-32-25-27-34-41-48-61(5)6)86-69(74)53-46-39-31-24-23-28-35-42-49-62(7)9-2/h60-65,70H,8-59H2,1-7H3,(H,75,76)(H,77,78)/t62?,63-,64-,65-/m1/s1. The molecular weight excluding hydrogens is 1160 g/mol. The minimum Gasteiger partial charge on any atom is -0.462 e. The molecule has 3 N–H and O–H groups in total. The zero-order valence-corrected chi connectivity index (χ0v) is 59.0. The Labute approximate surface area is 537 Å². The lowest BCUT2D eigenvalue weighted by molar-refractivity contribution is -0.161. The highest BCUT2D eigenvalue weighted by Crippen LogP contribution is 2.45. The molecule has 0 aliphatic rings. The van der Waals surface area contributed by atoms with Gasteiger partial charge in [-0.2, -0.15) is 0 Å². The third-order valence-electron chi connectivity index (χ3n) is 16.2. The van der Waals surface area contributed by atoms with E-state index in [0.29, 0.717) is 31.6 Å². The fourth-order valence-corrected chi connectivity index (χ4v) is 11.9. The van der Waals surface area contributed by atoms with Crippen molar-refractivity contribution in [1.29, 1.82) is 0 Å². The van der Waals surface area contributed by atoms with Crippen LogP contribution in [-0.4, -0.2) is 96.7 Å². The predicted molar refractivity (Wildman–Crippen MR) is 354 cm³/mol. The van der Waals surface area contributed by atoms with Gasteiger partial charge in [0.15, 0.2) is 12.2 Å². The van der Waals surface area contributed by atoms with Gasteiger partial charge in [-0.3, -0.25) is 37.3 Å². The third-order valence-corrected chi connectivity index (χ3v) is 18.1. The molecule has 0 saturated carbocycles. The SMILES string of the molecule is CCCCCCCCCCCCCCCCC(=O)O[C@H](COC(=O)CCCCCCCCCCCC(C)C)COP(=O)(O)OC[C@@H](O)COP(=O)(O)OC[C@@H](COC(=O)CCCCCCCCCC(C)C)OC(=O)CCCCCCCCCCC(C)CC. The van der Waals surface area contributed by atoms with Crippen molar-refractivity contribution in [1.82, 2.24) is 0 Å². The van der Waals surface area contributed by atoms with Gasteiger partial charge in [0.2, 0.25) is 0 Å². The number of ether oxygens (including phenoxy) is 4. The summed E-state index contributed by atoms with van der Waals surface area (Å²) in [4.78, 5) is 72.5. The number of aliphatic hydroxyl groups excluding tert-OH is 1. The van der Waals surface area contributed by atoms with Gasteiger partial charge in [0, 0.05) is 25.7 Å². The molecule has 17 nitrogen and oxygen atoms in total. The highest BCUT2D eigenvalue weighted by Gasteiger charge is 2.30. The summed E-state index contributed by atoms with van der Waals surface area (Å²) in [6.45, 7) is 11.8. The van der Waals surface area contributed by atoms with E-state index in [-0.39, 0.29) is 25.7 Å². The highest BCUT2D eigenvalue weighted by atomic mass is 31.2. The lowest BCUT2D eigenvalue weighted by Crippen LogP contribution is -2.30. The smallest absolute Gasteiger partial charge is 0.462 e. The molecule has 0 heterocycles. The van der Waals surface area contributed by atoms with Crippen molar-refractivity contribution in [3.8, 4) is 0 Å². The monoisotopic (exact) mass is 1300 g/mol. The molecule has 19 heteroatoms. The van der Waals surface area contributed by atoms with E-state index < -0.39 is 97.5 Å². The number of aliphatic hydroxyl groups is 1. The summed E-state index contributed by atoms with van der Waals surface area (Å²) in [5.41, 5.74) is 0. The Morgan fingerprint density at radius 3 is 0.864 bits per heavy atom. The molecule has 0 spiro atoms. The van der Waals surface area contributed by atoms with E-state index in [9.17, 15) is 43.2 Å². The van der Waals surface area contributed by atoms with Crippen molar-refractivity contribution in [2.75, 3.05) is 39.6 Å². The minimum absolute atomic E-state index is 0.104. The first-order valence-electron chi connectivity index (χ1n) is 35.9. The number of phosphoric ester groups is 2. The van der Waals surface area contributed by atoms with Crippen LogP contribution in [-0.2, 0) is 65.4 Å². The number of phosphoric acid groups is 2. The van der Waals surface area contributed by atoms with Crippen molar-refractivity contribution >= 4 is 39.5 Å². The second-order valence-corrected chi connectivity index (χ2v) is 29.0. The Hall–Kier alpha value is -1.94. The Balaban J connectivity index is 5.26. The van der Waals surface area contributed by atoms with E-state index >= 15 is 0 Å². The first-order valence-corrected chi connectivity index (χ1v) is 38.9. The number of hydrogen-bond donors (Lipinski definition) is 3. The number of carbonyl (C=O) groups excluding carboxylic acids is 4. The van der Waals surface area contributed by atoms with E-state index in [2.05, 4.69) is 48.5 Å². The largest absolute Gasteiger partial charge is 0.472 e. The minimum atomic E-state index is -4.95. The molecule has 0 amide bonds. The topological polar surface area (TPSA) is 237 Å². The third kappa shape index (κ3) is 61.6. The molecule has 0 aromatic carbocycles. The van der Waals surface area contributed by atoms with Crippen LogP contribution in [0, 0.1) is 17.8 Å². The second-order valence-electron chi connectivity index (χ2n) is 26.1. The molecule has 0 aromatic rings. The van der Waals surface area contributed by atoms with Gasteiger partial charge in [-0.25, -0.2) is 9.13 Å². The van der Waals surface area contributed by atoms with E-state index in [4.69, 9.17) is 37.0 Å². The molecule has 0 saturated heterocycles. The van der Waals surface area contributed by atoms with Crippen LogP contribution in [0.5, 0.6) is 0 Å². The van der Waals surface area contributed by atoms with Crippen molar-refractivity contribution in [2.24, 2.45) is 17.8 Å². The van der Waals surface area contributed by atoms with Crippen LogP contribution < -0.4 is 0 Å². The van der Waals surface area contributed by atoms with Crippen LogP contribution in [0.3, 0.4) is 0 Å². The summed E-state index contributed by atoms with van der Waals surface area (Å²) in [6.07, 6.45) is 43.0. The molecule has 6 atom stereocenters. The summed E-state index contributed by atoms with van der Waals surface area (Å²) in [7, 11) is -9.90. The molecule has 0 fully saturated rings. The van der Waals surface area contributed by atoms with Gasteiger partial charge in [0.25, 0.3) is 0 Å². The maximum Gasteiger partial charge on any atom is 0.472 e. The highest BCUT2D eigenvalue weighted by molar-refractivity contribution is 7.47. The number of esters is 4. The maximum atomic E-state index is 13.0. The maximum absolute atomic E-state index is 13.0. The van der Waals surface area contributed by atoms with Crippen molar-refractivity contribution in [3.63, 3.8) is 0 Å². The quantitative estimate of drug-likeness (QED) is 0.0222. The number of rotatable bonds is 67. The van der Waals surface area contributed by atoms with Gasteiger partial charge in [-0.1, -0.05) is 292 Å². The van der Waals surface area contributed by atoms with Crippen LogP contribution in [0.2, 0.25) is 0 Å². The fourth-order valence-electron chi connectivity index (χ4n) is 10.3. The summed E-state index contributed by atoms with van der Waals surface area (Å²) < 4.78 is 68.2. The Bertz CT molecular complexity index is 1730. The van der Waals surface area contributed by atoms with E-state index in [1.807, 2.05) is 0 Å². The predicted octanol–water partition coefficient (Wildman–Crippen LogP) is 19.5. The molecule has 0 bridgehead atoms. The molecule has 0 rings (SSSR count). The Morgan fingerprint density at radius 1 is 0.330 bits per heavy atom. The molecule has 3 unspecified atom stereocenters. The van der Waals surface area contributed by atoms with Crippen molar-refractivity contribution < 1.29 is 80.2 Å². The van der Waals surface area contributed by atoms with Crippen LogP contribution >= 0.6 is 15.6 Å². The van der Waals surface area contributed by atoms with Gasteiger partial charge < -0.3 is 33.8 Å². The molecular formula is C69H134O17P2. The molecule has 0 aromatic heterocycles. The van der Waals surface area contributed by atoms with Gasteiger partial charge >= 0.3 is 39.5 Å². The summed E-state index contributed by atoms with van der Waals surface area (Å²) >= 11 is 0. The lowest BCUT2D eigenvalue weighted by Gasteiger charge is -2.21. The molecule has 522 valence electrons. The van der Waals surface area contributed by atoms with E-state index in [0.717, 1.165) is 108 Å². The lowest BCUT2D eigenvalue weighted by atomic mass is 9.99. The van der Waals surface area contributed by atoms with Crippen LogP contribution in [0.25, 0.3) is 0 Å². The van der Waals surface area contributed by atoms with Gasteiger partial charge in [0.1, 0.15) is 19.3 Å². The zero-order chi connectivity index (χ0) is 65.2. The van der Waals surface area contributed by atoms with Gasteiger partial charge in [-0.05, 0) is 43.4 Å². The summed E-state index contributed by atoms with van der Waals surface area (Å²) in [5, 5.41) is 10.6. The molecule has 0 aliphatic carbocycles. The van der Waals surface area contributed by atoms with Crippen LogP contribution in [0.4, 0.5) is 0 Å². The normalized spacial score (nSPS) is 14.5. The average Bonchev–Trinajstić information content (AvgIpc) is 3.56. The zero-order valence-electron chi connectivity index (χ0n) is 57.2. The van der Waals surface area contributed by atoms with E-state index in [1.54, 1.807) is 0 Å². The molecule has 0 aliphatic heterocycles. The van der Waals surface area contributed by atoms with Gasteiger partial charge in [0.05, 0.1) is 26.4 Å². The molecule has 88 heavy (non-hydrogen) atoms. The number of carbonyl (C=O) groups is 4. The van der Waals surface area contributed by atoms with Gasteiger partial charge in [-0.15, -0.1) is 0 Å². The first-order chi connectivity index (χ1) is 42.3. The second kappa shape index (κ2) is 60.0. The first kappa shape index (κ1) is 86.1. The number of unbranched alkanes of at least 4 members (excludes halogenated alkanes) is 34. The Kier molecular flexibility index (Phi) is 58.7. The summed E-state index contributed by atoms with van der Waals surface area (Å²) in [6, 6.07) is 0. The van der Waals surface area contributed by atoms with Crippen molar-refractivity contribution in [2.45, 2.75) is 362 Å². The van der Waals surface area contributed by atoms with Crippen LogP contribution in [0.15, 0.2) is 0 Å². The van der Waals surface area contributed by atoms with Crippen LogP contribution in [0.1, 0.15) is 344 Å². The molecule has 0 radical (unpaired) electrons. The fraction of sp³-hybridized carbons (Fsp3) is 0.942. The average molecular weight is 1300 g/mol.